The maximum absolute atomic E-state index is 12.3. The molecule has 1 heterocycles. The van der Waals surface area contributed by atoms with Crippen LogP contribution in [-0.4, -0.2) is 45.3 Å². The van der Waals surface area contributed by atoms with Gasteiger partial charge in [0, 0.05) is 12.1 Å². The summed E-state index contributed by atoms with van der Waals surface area (Å²) in [6, 6.07) is 16.6. The first kappa shape index (κ1) is 20.9. The third-order valence-corrected chi connectivity index (χ3v) is 4.46. The van der Waals surface area contributed by atoms with Crippen molar-refractivity contribution in [1.82, 2.24) is 25.1 Å². The van der Waals surface area contributed by atoms with Gasteiger partial charge in [-0.25, -0.2) is 0 Å². The normalized spacial score (nSPS) is 11.3. The van der Waals surface area contributed by atoms with E-state index in [1.807, 2.05) is 43.4 Å². The van der Waals surface area contributed by atoms with Gasteiger partial charge < -0.3 is 9.64 Å². The molecule has 0 fully saturated rings. The summed E-state index contributed by atoms with van der Waals surface area (Å²) in [6.45, 7) is -0.464. The molecule has 154 valence electrons. The molecule has 8 heteroatoms. The third kappa shape index (κ3) is 6.90. The molecule has 0 bridgehead atoms. The topological polar surface area (TPSA) is 56.1 Å². The van der Waals surface area contributed by atoms with Crippen molar-refractivity contribution in [2.24, 2.45) is 0 Å². The maximum Gasteiger partial charge on any atom is 0.387 e. The van der Waals surface area contributed by atoms with E-state index in [4.69, 9.17) is 0 Å². The number of hydrogen-bond donors (Lipinski definition) is 0. The molecule has 0 N–H and O–H groups in total. The van der Waals surface area contributed by atoms with Gasteiger partial charge >= 0.3 is 6.61 Å². The Labute approximate surface area is 169 Å². The zero-order valence-electron chi connectivity index (χ0n) is 16.4. The molecule has 1 aromatic heterocycles. The lowest BCUT2D eigenvalue weighted by Gasteiger charge is -2.17. The van der Waals surface area contributed by atoms with Crippen molar-refractivity contribution in [3.8, 4) is 17.1 Å². The number of nitrogens with zero attached hydrogens (tertiary/aromatic N) is 5. The fraction of sp³-hybridized carbons (Fsp3) is 0.381. The van der Waals surface area contributed by atoms with E-state index in [1.54, 1.807) is 16.9 Å². The number of rotatable bonds is 11. The molecule has 0 aliphatic carbocycles. The van der Waals surface area contributed by atoms with Crippen LogP contribution in [0, 0.1) is 0 Å². The average Bonchev–Trinajstić information content (AvgIpc) is 3.17. The second-order valence-corrected chi connectivity index (χ2v) is 6.90. The minimum Gasteiger partial charge on any atom is -0.435 e. The van der Waals surface area contributed by atoms with Crippen LogP contribution in [0.2, 0.25) is 0 Å². The van der Waals surface area contributed by atoms with Crippen molar-refractivity contribution < 1.29 is 13.5 Å². The van der Waals surface area contributed by atoms with E-state index in [-0.39, 0.29) is 5.75 Å². The zero-order valence-corrected chi connectivity index (χ0v) is 16.4. The highest BCUT2D eigenvalue weighted by Gasteiger charge is 2.07. The van der Waals surface area contributed by atoms with Crippen molar-refractivity contribution in [2.75, 3.05) is 13.6 Å². The number of alkyl halides is 2. The van der Waals surface area contributed by atoms with E-state index in [9.17, 15) is 8.78 Å². The van der Waals surface area contributed by atoms with E-state index in [0.29, 0.717) is 12.4 Å². The summed E-state index contributed by atoms with van der Waals surface area (Å²) in [6.07, 6.45) is 3.04. The van der Waals surface area contributed by atoms with Gasteiger partial charge in [0.15, 0.2) is 0 Å². The highest BCUT2D eigenvalue weighted by Crippen LogP contribution is 2.17. The van der Waals surface area contributed by atoms with Gasteiger partial charge in [-0.1, -0.05) is 48.9 Å². The van der Waals surface area contributed by atoms with Gasteiger partial charge in [-0.3, -0.25) is 0 Å². The smallest absolute Gasteiger partial charge is 0.387 e. The Morgan fingerprint density at radius 1 is 1.03 bits per heavy atom. The molecule has 3 rings (SSSR count). The number of tetrazole rings is 1. The molecule has 0 atom stereocenters. The Bertz CT molecular complexity index is 872. The molecule has 2 aromatic carbocycles. The molecular weight excluding hydrogens is 376 g/mol. The monoisotopic (exact) mass is 401 g/mol. The van der Waals surface area contributed by atoms with Gasteiger partial charge in [0.05, 0.1) is 6.54 Å². The van der Waals surface area contributed by atoms with Crippen LogP contribution in [0.3, 0.4) is 0 Å². The summed E-state index contributed by atoms with van der Waals surface area (Å²) in [5.74, 6) is 0.837. The van der Waals surface area contributed by atoms with Crippen LogP contribution in [0.1, 0.15) is 24.8 Å². The lowest BCUT2D eigenvalue weighted by molar-refractivity contribution is -0.0499. The molecule has 0 amide bonds. The molecule has 0 spiro atoms. The summed E-state index contributed by atoms with van der Waals surface area (Å²) in [7, 11) is 2.02. The number of ether oxygens (including phenoxy) is 1. The molecule has 0 saturated carbocycles. The van der Waals surface area contributed by atoms with Crippen molar-refractivity contribution in [3.63, 3.8) is 0 Å². The Kier molecular flexibility index (Phi) is 7.63. The molecule has 0 aliphatic heterocycles. The van der Waals surface area contributed by atoms with Gasteiger partial charge in [0.1, 0.15) is 5.75 Å². The molecular formula is C21H25F2N5O. The highest BCUT2D eigenvalue weighted by atomic mass is 19.3. The van der Waals surface area contributed by atoms with Crippen LogP contribution in [0.4, 0.5) is 8.78 Å². The lowest BCUT2D eigenvalue weighted by atomic mass is 10.2. The highest BCUT2D eigenvalue weighted by molar-refractivity contribution is 5.52. The number of halogens is 2. The quantitative estimate of drug-likeness (QED) is 0.450. The Morgan fingerprint density at radius 3 is 2.66 bits per heavy atom. The zero-order chi connectivity index (χ0) is 20.5. The van der Waals surface area contributed by atoms with Gasteiger partial charge in [-0.15, -0.1) is 10.2 Å². The van der Waals surface area contributed by atoms with Gasteiger partial charge in [0.25, 0.3) is 0 Å². The van der Waals surface area contributed by atoms with Crippen LogP contribution in [0.25, 0.3) is 11.4 Å². The molecule has 3 aromatic rings. The maximum atomic E-state index is 12.3. The van der Waals surface area contributed by atoms with Crippen LogP contribution in [-0.2, 0) is 13.1 Å². The van der Waals surface area contributed by atoms with E-state index in [1.165, 1.54) is 6.07 Å². The third-order valence-electron chi connectivity index (χ3n) is 4.46. The van der Waals surface area contributed by atoms with Crippen LogP contribution >= 0.6 is 0 Å². The van der Waals surface area contributed by atoms with Crippen LogP contribution in [0.5, 0.6) is 5.75 Å². The van der Waals surface area contributed by atoms with Crippen molar-refractivity contribution in [2.45, 2.75) is 39.0 Å². The summed E-state index contributed by atoms with van der Waals surface area (Å²) in [5.41, 5.74) is 1.91. The minimum absolute atomic E-state index is 0.195. The summed E-state index contributed by atoms with van der Waals surface area (Å²) >= 11 is 0. The second kappa shape index (κ2) is 10.6. The van der Waals surface area contributed by atoms with Gasteiger partial charge in [-0.05, 0) is 49.3 Å². The second-order valence-electron chi connectivity index (χ2n) is 6.90. The fourth-order valence-corrected chi connectivity index (χ4v) is 3.06. The first-order chi connectivity index (χ1) is 14.1. The first-order valence-corrected chi connectivity index (χ1v) is 9.65. The molecule has 0 unspecified atom stereocenters. The standard InChI is InChI=1S/C21H25F2N5O/c1-27(16-17-9-8-12-19(15-17)29-21(22)23)13-6-3-7-14-28-25-20(24-26-28)18-10-4-2-5-11-18/h2,4-5,8-12,15,21H,3,6-7,13-14,16H2,1H3. The van der Waals surface area contributed by atoms with Gasteiger partial charge in [-0.2, -0.15) is 13.6 Å². The number of aryl methyl sites for hydroxylation is 1. The number of hydrogen-bond acceptors (Lipinski definition) is 5. The Hall–Kier alpha value is -2.87. The van der Waals surface area contributed by atoms with E-state index in [0.717, 1.165) is 43.5 Å². The predicted molar refractivity (Wildman–Crippen MR) is 107 cm³/mol. The molecule has 0 aliphatic rings. The van der Waals surface area contributed by atoms with E-state index < -0.39 is 6.61 Å². The summed E-state index contributed by atoms with van der Waals surface area (Å²) < 4.78 is 29.1. The van der Waals surface area contributed by atoms with Crippen LogP contribution in [0.15, 0.2) is 54.6 Å². The summed E-state index contributed by atoms with van der Waals surface area (Å²) in [4.78, 5) is 3.81. The van der Waals surface area contributed by atoms with Gasteiger partial charge in [0.2, 0.25) is 5.82 Å². The number of benzene rings is 2. The number of unbranched alkanes of at least 4 members (excludes halogenated alkanes) is 2. The van der Waals surface area contributed by atoms with Crippen molar-refractivity contribution in [3.05, 3.63) is 60.2 Å². The van der Waals surface area contributed by atoms with Crippen molar-refractivity contribution in [1.29, 1.82) is 0 Å². The Balaban J connectivity index is 1.35. The number of aromatic nitrogens is 4. The molecule has 29 heavy (non-hydrogen) atoms. The average molecular weight is 401 g/mol. The van der Waals surface area contributed by atoms with Crippen molar-refractivity contribution >= 4 is 0 Å². The van der Waals surface area contributed by atoms with E-state index >= 15 is 0 Å². The fourth-order valence-electron chi connectivity index (χ4n) is 3.06. The molecule has 0 saturated heterocycles. The predicted octanol–water partition coefficient (Wildman–Crippen LogP) is 4.24. The van der Waals surface area contributed by atoms with Crippen LogP contribution < -0.4 is 4.74 Å². The SMILES string of the molecule is CN(CCCCCn1nnc(-c2ccccc2)n1)Cc1cccc(OC(F)F)c1. The molecule has 6 nitrogen and oxygen atoms in total. The minimum atomic E-state index is -2.80. The largest absolute Gasteiger partial charge is 0.435 e. The first-order valence-electron chi connectivity index (χ1n) is 9.65. The van der Waals surface area contributed by atoms with E-state index in [2.05, 4.69) is 25.0 Å². The Morgan fingerprint density at radius 2 is 1.86 bits per heavy atom. The molecule has 0 radical (unpaired) electrons. The summed E-state index contributed by atoms with van der Waals surface area (Å²) in [5, 5.41) is 12.6. The lowest BCUT2D eigenvalue weighted by Crippen LogP contribution is -2.19.